The molecule has 4 nitrogen and oxygen atoms in total. The number of aromatic hydroxyl groups is 1. The number of phenols is 1. The first-order valence-electron chi connectivity index (χ1n) is 2.59. The molecule has 1 rings (SSSR count). The molecular weight excluding hydrogens is 168 g/mol. The van der Waals surface area contributed by atoms with Gasteiger partial charge in [0, 0.05) is 5.69 Å². The highest BCUT2D eigenvalue weighted by atomic mass is 35.5. The van der Waals surface area contributed by atoms with Crippen molar-refractivity contribution in [2.24, 2.45) is 5.90 Å². The number of phenolic OH excluding ortho intramolecular Hbond substituents is 1. The number of anilines is 1. The summed E-state index contributed by atoms with van der Waals surface area (Å²) in [4.78, 5) is 0. The molecule has 5 heteroatoms. The monoisotopic (exact) mass is 178 g/mol. The Morgan fingerprint density at radius 2 is 1.36 bits per heavy atom. The maximum atomic E-state index is 8.70. The zero-order chi connectivity index (χ0) is 7.98. The van der Waals surface area contributed by atoms with Gasteiger partial charge < -0.3 is 16.0 Å². The van der Waals surface area contributed by atoms with Crippen molar-refractivity contribution in [2.75, 3.05) is 5.73 Å². The van der Waals surface area contributed by atoms with Crippen LogP contribution in [0.25, 0.3) is 0 Å². The first-order chi connectivity index (χ1) is 4.79. The number of nitrogens with two attached hydrogens (primary N) is 2. The average Bonchev–Trinajstić information content (AvgIpc) is 2.00. The molecule has 0 heterocycles. The lowest BCUT2D eigenvalue weighted by Gasteiger charge is -1.89. The molecule has 1 aromatic rings. The summed E-state index contributed by atoms with van der Waals surface area (Å²) in [5, 5.41) is 15.2. The number of rotatable bonds is 0. The Balaban J connectivity index is 0. The number of hydrogen-bond acceptors (Lipinski definition) is 4. The SMILES string of the molecule is Cl.NO.Nc1ccc(O)cc1. The molecule has 0 aliphatic carbocycles. The molecule has 64 valence electrons. The fourth-order valence-electron chi connectivity index (χ4n) is 0.474. The van der Waals surface area contributed by atoms with Gasteiger partial charge in [0.15, 0.2) is 0 Å². The van der Waals surface area contributed by atoms with Crippen LogP contribution in [-0.4, -0.2) is 10.3 Å². The predicted octanol–water partition coefficient (Wildman–Crippen LogP) is 0.730. The second kappa shape index (κ2) is 7.14. The second-order valence-electron chi connectivity index (χ2n) is 1.59. The van der Waals surface area contributed by atoms with Crippen molar-refractivity contribution in [2.45, 2.75) is 0 Å². The van der Waals surface area contributed by atoms with E-state index in [2.05, 4.69) is 5.90 Å². The van der Waals surface area contributed by atoms with Gasteiger partial charge >= 0.3 is 0 Å². The summed E-state index contributed by atoms with van der Waals surface area (Å²) in [5.41, 5.74) is 5.98. The van der Waals surface area contributed by atoms with Gasteiger partial charge in [0.05, 0.1) is 0 Å². The molecule has 0 spiro atoms. The minimum Gasteiger partial charge on any atom is -0.508 e. The van der Waals surface area contributed by atoms with E-state index in [1.807, 2.05) is 0 Å². The molecule has 0 aliphatic rings. The Morgan fingerprint density at radius 3 is 1.64 bits per heavy atom. The van der Waals surface area contributed by atoms with Crippen molar-refractivity contribution in [1.29, 1.82) is 0 Å². The Kier molecular flexibility index (Phi) is 8.23. The van der Waals surface area contributed by atoms with E-state index in [1.54, 1.807) is 24.3 Å². The first-order valence-corrected chi connectivity index (χ1v) is 2.59. The molecule has 0 unspecified atom stereocenters. The normalized spacial score (nSPS) is 7.09. The molecule has 0 aliphatic heterocycles. The third kappa shape index (κ3) is 5.47. The summed E-state index contributed by atoms with van der Waals surface area (Å²) in [6.45, 7) is 0. The van der Waals surface area contributed by atoms with E-state index < -0.39 is 0 Å². The Labute approximate surface area is 70.8 Å². The maximum Gasteiger partial charge on any atom is 0.115 e. The van der Waals surface area contributed by atoms with Gasteiger partial charge in [0.2, 0.25) is 0 Å². The molecule has 0 aromatic heterocycles. The van der Waals surface area contributed by atoms with Crippen LogP contribution in [0.4, 0.5) is 5.69 Å². The standard InChI is InChI=1S/C6H7NO.ClH.H3NO/c7-5-1-3-6(8)4-2-5;;1-2/h1-4,8H,7H2;1H;2H,1H2. The van der Waals surface area contributed by atoms with Gasteiger partial charge in [-0.05, 0) is 24.3 Å². The largest absolute Gasteiger partial charge is 0.508 e. The van der Waals surface area contributed by atoms with E-state index >= 15 is 0 Å². The van der Waals surface area contributed by atoms with Crippen molar-refractivity contribution in [1.82, 2.24) is 0 Å². The van der Waals surface area contributed by atoms with E-state index in [1.165, 1.54) is 0 Å². The van der Waals surface area contributed by atoms with Crippen LogP contribution in [0.2, 0.25) is 0 Å². The van der Waals surface area contributed by atoms with E-state index in [0.717, 1.165) is 0 Å². The molecule has 6 N–H and O–H groups in total. The minimum atomic E-state index is 0. The molecule has 1 aromatic carbocycles. The Hall–Kier alpha value is -0.970. The lowest BCUT2D eigenvalue weighted by molar-refractivity contribution is 0.311. The third-order valence-corrected chi connectivity index (χ3v) is 0.893. The Morgan fingerprint density at radius 1 is 1.00 bits per heavy atom. The fraction of sp³-hybridized carbons (Fsp3) is 0. The topological polar surface area (TPSA) is 92.5 Å². The van der Waals surface area contributed by atoms with Crippen LogP contribution in [0.1, 0.15) is 0 Å². The van der Waals surface area contributed by atoms with Crippen LogP contribution in [0.3, 0.4) is 0 Å². The van der Waals surface area contributed by atoms with Crippen LogP contribution in [0, 0.1) is 0 Å². The van der Waals surface area contributed by atoms with Gasteiger partial charge in [-0.15, -0.1) is 12.4 Å². The Bertz CT molecular complexity index is 157. The second-order valence-corrected chi connectivity index (χ2v) is 1.59. The molecule has 0 atom stereocenters. The van der Waals surface area contributed by atoms with Crippen molar-refractivity contribution >= 4 is 18.1 Å². The van der Waals surface area contributed by atoms with Gasteiger partial charge in [0.1, 0.15) is 5.75 Å². The van der Waals surface area contributed by atoms with E-state index in [0.29, 0.717) is 5.69 Å². The molecule has 0 fully saturated rings. The number of nitrogen functional groups attached to an aromatic ring is 1. The third-order valence-electron chi connectivity index (χ3n) is 0.893. The first kappa shape index (κ1) is 12.7. The lowest BCUT2D eigenvalue weighted by atomic mass is 10.3. The minimum absolute atomic E-state index is 0. The van der Waals surface area contributed by atoms with Crippen molar-refractivity contribution in [3.63, 3.8) is 0 Å². The quantitative estimate of drug-likeness (QED) is 0.268. The van der Waals surface area contributed by atoms with E-state index in [-0.39, 0.29) is 18.2 Å². The van der Waals surface area contributed by atoms with Crippen molar-refractivity contribution < 1.29 is 10.3 Å². The smallest absolute Gasteiger partial charge is 0.115 e. The molecule has 0 bridgehead atoms. The average molecular weight is 179 g/mol. The molecule has 0 radical (unpaired) electrons. The van der Waals surface area contributed by atoms with Crippen molar-refractivity contribution in [3.05, 3.63) is 24.3 Å². The summed E-state index contributed by atoms with van der Waals surface area (Å²) in [6.07, 6.45) is 0. The van der Waals surface area contributed by atoms with Gasteiger partial charge in [-0.3, -0.25) is 0 Å². The van der Waals surface area contributed by atoms with Crippen LogP contribution < -0.4 is 11.6 Å². The van der Waals surface area contributed by atoms with Crippen LogP contribution in [0.15, 0.2) is 24.3 Å². The number of halogens is 1. The van der Waals surface area contributed by atoms with Gasteiger partial charge in [-0.1, -0.05) is 0 Å². The van der Waals surface area contributed by atoms with Gasteiger partial charge in [0.25, 0.3) is 0 Å². The highest BCUT2D eigenvalue weighted by molar-refractivity contribution is 5.85. The molecule has 11 heavy (non-hydrogen) atoms. The zero-order valence-corrected chi connectivity index (χ0v) is 6.58. The van der Waals surface area contributed by atoms with Crippen LogP contribution in [-0.2, 0) is 0 Å². The summed E-state index contributed by atoms with van der Waals surface area (Å²) in [7, 11) is 0. The highest BCUT2D eigenvalue weighted by Crippen LogP contribution is 2.09. The molecule has 0 saturated carbocycles. The summed E-state index contributed by atoms with van der Waals surface area (Å²) >= 11 is 0. The van der Waals surface area contributed by atoms with E-state index in [9.17, 15) is 0 Å². The number of hydrogen-bond donors (Lipinski definition) is 4. The highest BCUT2D eigenvalue weighted by Gasteiger charge is 1.82. The van der Waals surface area contributed by atoms with Crippen LogP contribution in [0.5, 0.6) is 5.75 Å². The summed E-state index contributed by atoms with van der Waals surface area (Å²) in [6, 6.07) is 6.40. The van der Waals surface area contributed by atoms with E-state index in [4.69, 9.17) is 16.0 Å². The zero-order valence-electron chi connectivity index (χ0n) is 5.77. The van der Waals surface area contributed by atoms with Gasteiger partial charge in [-0.2, -0.15) is 0 Å². The predicted molar refractivity (Wildman–Crippen MR) is 45.7 cm³/mol. The van der Waals surface area contributed by atoms with Crippen LogP contribution >= 0.6 is 12.4 Å². The summed E-state index contributed by atoms with van der Waals surface area (Å²) in [5.74, 6) is 3.75. The maximum absolute atomic E-state index is 8.70. The summed E-state index contributed by atoms with van der Waals surface area (Å²) < 4.78 is 0. The lowest BCUT2D eigenvalue weighted by Crippen LogP contribution is -1.80. The molecule has 0 saturated heterocycles. The molecule has 0 amide bonds. The number of benzene rings is 1. The van der Waals surface area contributed by atoms with Gasteiger partial charge in [-0.25, -0.2) is 5.90 Å². The molecular formula is C6H11ClN2O2. The fourth-order valence-corrected chi connectivity index (χ4v) is 0.474. The van der Waals surface area contributed by atoms with Crippen molar-refractivity contribution in [3.8, 4) is 5.75 Å².